The molecule has 0 radical (unpaired) electrons. The van der Waals surface area contributed by atoms with E-state index in [0.29, 0.717) is 32.0 Å². The molecule has 0 atom stereocenters. The van der Waals surface area contributed by atoms with Gasteiger partial charge in [0, 0.05) is 32.4 Å². The second-order valence-electron chi connectivity index (χ2n) is 5.40. The molecule has 2 aliphatic heterocycles. The SMILES string of the molecule is O=C(O)C1CN(c2ccc(S(=O)(=O)N3CCCC3)cn2)C1. The summed E-state index contributed by atoms with van der Waals surface area (Å²) in [6.45, 7) is 1.97. The summed E-state index contributed by atoms with van der Waals surface area (Å²) in [6, 6.07) is 3.19. The average Bonchev–Trinajstić information content (AvgIpc) is 2.91. The van der Waals surface area contributed by atoms with Crippen LogP contribution in [0.1, 0.15) is 12.8 Å². The second kappa shape index (κ2) is 5.27. The van der Waals surface area contributed by atoms with Crippen LogP contribution in [-0.4, -0.2) is 55.0 Å². The maximum atomic E-state index is 12.3. The Bertz CT molecular complexity index is 632. The summed E-state index contributed by atoms with van der Waals surface area (Å²) >= 11 is 0. The fourth-order valence-corrected chi connectivity index (χ4v) is 4.07. The van der Waals surface area contributed by atoms with Gasteiger partial charge in [0.1, 0.15) is 10.7 Å². The van der Waals surface area contributed by atoms with Gasteiger partial charge in [-0.25, -0.2) is 13.4 Å². The van der Waals surface area contributed by atoms with Gasteiger partial charge in [-0.15, -0.1) is 0 Å². The molecule has 2 aliphatic rings. The van der Waals surface area contributed by atoms with Crippen LogP contribution in [0.25, 0.3) is 0 Å². The molecular weight excluding hydrogens is 294 g/mol. The normalized spacial score (nSPS) is 20.5. The highest BCUT2D eigenvalue weighted by Crippen LogP contribution is 2.25. The lowest BCUT2D eigenvalue weighted by atomic mass is 10.0. The number of carboxylic acid groups (broad SMARTS) is 1. The highest BCUT2D eigenvalue weighted by Gasteiger charge is 2.33. The van der Waals surface area contributed by atoms with Crippen LogP contribution in [-0.2, 0) is 14.8 Å². The van der Waals surface area contributed by atoms with E-state index in [0.717, 1.165) is 12.8 Å². The predicted octanol–water partition coefficient (Wildman–Crippen LogP) is 0.387. The molecule has 0 unspecified atom stereocenters. The van der Waals surface area contributed by atoms with Crippen molar-refractivity contribution in [1.29, 1.82) is 0 Å². The number of pyridine rings is 1. The van der Waals surface area contributed by atoms with Crippen molar-refractivity contribution in [3.63, 3.8) is 0 Å². The van der Waals surface area contributed by atoms with Crippen LogP contribution < -0.4 is 4.90 Å². The summed E-state index contributed by atoms with van der Waals surface area (Å²) in [5.74, 6) is -0.549. The van der Waals surface area contributed by atoms with Crippen molar-refractivity contribution in [2.24, 2.45) is 5.92 Å². The van der Waals surface area contributed by atoms with Crippen LogP contribution in [0.2, 0.25) is 0 Å². The zero-order valence-corrected chi connectivity index (χ0v) is 12.3. The van der Waals surface area contributed by atoms with E-state index in [-0.39, 0.29) is 10.8 Å². The fraction of sp³-hybridized carbons (Fsp3) is 0.538. The van der Waals surface area contributed by atoms with Crippen molar-refractivity contribution in [3.05, 3.63) is 18.3 Å². The molecule has 114 valence electrons. The Morgan fingerprint density at radius 2 is 1.90 bits per heavy atom. The maximum absolute atomic E-state index is 12.3. The van der Waals surface area contributed by atoms with Crippen LogP contribution >= 0.6 is 0 Å². The summed E-state index contributed by atoms with van der Waals surface area (Å²) in [5, 5.41) is 8.84. The van der Waals surface area contributed by atoms with Crippen molar-refractivity contribution in [2.45, 2.75) is 17.7 Å². The number of carboxylic acids is 1. The first kappa shape index (κ1) is 14.3. The molecule has 0 bridgehead atoms. The van der Waals surface area contributed by atoms with Crippen molar-refractivity contribution < 1.29 is 18.3 Å². The lowest BCUT2D eigenvalue weighted by Gasteiger charge is -2.37. The van der Waals surface area contributed by atoms with Crippen LogP contribution in [0.4, 0.5) is 5.82 Å². The lowest BCUT2D eigenvalue weighted by molar-refractivity contribution is -0.142. The zero-order chi connectivity index (χ0) is 15.0. The van der Waals surface area contributed by atoms with Crippen molar-refractivity contribution in [2.75, 3.05) is 31.1 Å². The van der Waals surface area contributed by atoms with Gasteiger partial charge in [-0.1, -0.05) is 0 Å². The summed E-state index contributed by atoms with van der Waals surface area (Å²) in [4.78, 5) is 16.9. The minimum absolute atomic E-state index is 0.198. The molecule has 2 saturated heterocycles. The molecule has 8 heteroatoms. The first-order chi connectivity index (χ1) is 9.98. The van der Waals surface area contributed by atoms with Gasteiger partial charge < -0.3 is 10.0 Å². The Morgan fingerprint density at radius 3 is 2.43 bits per heavy atom. The molecule has 3 heterocycles. The number of carbonyl (C=O) groups is 1. The molecule has 3 rings (SSSR count). The number of aliphatic carboxylic acids is 1. The number of rotatable bonds is 4. The number of nitrogens with zero attached hydrogens (tertiary/aromatic N) is 3. The van der Waals surface area contributed by atoms with E-state index in [4.69, 9.17) is 5.11 Å². The molecule has 2 fully saturated rings. The number of sulfonamides is 1. The average molecular weight is 311 g/mol. The van der Waals surface area contributed by atoms with Crippen molar-refractivity contribution in [3.8, 4) is 0 Å². The topological polar surface area (TPSA) is 90.8 Å². The highest BCUT2D eigenvalue weighted by molar-refractivity contribution is 7.89. The smallest absolute Gasteiger partial charge is 0.310 e. The van der Waals surface area contributed by atoms with Gasteiger partial charge >= 0.3 is 5.97 Å². The van der Waals surface area contributed by atoms with E-state index in [2.05, 4.69) is 4.98 Å². The molecule has 0 aliphatic carbocycles. The van der Waals surface area contributed by atoms with Gasteiger partial charge in [0.2, 0.25) is 10.0 Å². The molecule has 7 nitrogen and oxygen atoms in total. The minimum atomic E-state index is -3.44. The van der Waals surface area contributed by atoms with Gasteiger partial charge in [-0.2, -0.15) is 4.31 Å². The Morgan fingerprint density at radius 1 is 1.24 bits per heavy atom. The van der Waals surface area contributed by atoms with Gasteiger partial charge in [0.25, 0.3) is 0 Å². The zero-order valence-electron chi connectivity index (χ0n) is 11.5. The molecule has 1 aromatic heterocycles. The summed E-state index contributed by atoms with van der Waals surface area (Å²) in [5.41, 5.74) is 0. The standard InChI is InChI=1S/C13H17N3O4S/c17-13(18)10-8-15(9-10)12-4-3-11(7-14-12)21(19,20)16-5-1-2-6-16/h3-4,7,10H,1-2,5-6,8-9H2,(H,17,18). The van der Waals surface area contributed by atoms with Crippen molar-refractivity contribution >= 4 is 21.8 Å². The minimum Gasteiger partial charge on any atom is -0.481 e. The quantitative estimate of drug-likeness (QED) is 0.865. The van der Waals surface area contributed by atoms with Crippen LogP contribution in [0.5, 0.6) is 0 Å². The van der Waals surface area contributed by atoms with Crippen LogP contribution in [0, 0.1) is 5.92 Å². The molecule has 0 aromatic carbocycles. The molecule has 0 spiro atoms. The van der Waals surface area contributed by atoms with Gasteiger partial charge in [0.15, 0.2) is 0 Å². The van der Waals surface area contributed by atoms with E-state index in [1.54, 1.807) is 12.1 Å². The van der Waals surface area contributed by atoms with Crippen LogP contribution in [0.3, 0.4) is 0 Å². The molecular formula is C13H17N3O4S. The van der Waals surface area contributed by atoms with Gasteiger partial charge in [-0.05, 0) is 25.0 Å². The third-order valence-electron chi connectivity index (χ3n) is 3.98. The second-order valence-corrected chi connectivity index (χ2v) is 7.34. The number of anilines is 1. The monoisotopic (exact) mass is 311 g/mol. The largest absolute Gasteiger partial charge is 0.481 e. The Balaban J connectivity index is 1.71. The number of aromatic nitrogens is 1. The van der Waals surface area contributed by atoms with E-state index in [1.165, 1.54) is 10.5 Å². The first-order valence-corrected chi connectivity index (χ1v) is 8.36. The van der Waals surface area contributed by atoms with Gasteiger partial charge in [0.05, 0.1) is 5.92 Å². The Kier molecular flexibility index (Phi) is 3.58. The number of hydrogen-bond acceptors (Lipinski definition) is 5. The molecule has 0 amide bonds. The molecule has 1 aromatic rings. The third kappa shape index (κ3) is 2.60. The van der Waals surface area contributed by atoms with Gasteiger partial charge in [-0.3, -0.25) is 4.79 Å². The lowest BCUT2D eigenvalue weighted by Crippen LogP contribution is -2.50. The van der Waals surface area contributed by atoms with Crippen LogP contribution in [0.15, 0.2) is 23.2 Å². The maximum Gasteiger partial charge on any atom is 0.310 e. The summed E-state index contributed by atoms with van der Waals surface area (Å²) < 4.78 is 26.2. The predicted molar refractivity (Wildman–Crippen MR) is 75.6 cm³/mol. The first-order valence-electron chi connectivity index (χ1n) is 6.92. The Labute approximate surface area is 123 Å². The van der Waals surface area contributed by atoms with E-state index in [9.17, 15) is 13.2 Å². The van der Waals surface area contributed by atoms with E-state index in [1.807, 2.05) is 4.90 Å². The van der Waals surface area contributed by atoms with Crippen molar-refractivity contribution in [1.82, 2.24) is 9.29 Å². The van der Waals surface area contributed by atoms with E-state index >= 15 is 0 Å². The third-order valence-corrected chi connectivity index (χ3v) is 5.86. The molecule has 21 heavy (non-hydrogen) atoms. The van der Waals surface area contributed by atoms with E-state index < -0.39 is 16.0 Å². The number of hydrogen-bond donors (Lipinski definition) is 1. The molecule has 0 saturated carbocycles. The summed E-state index contributed by atoms with van der Waals surface area (Å²) in [7, 11) is -3.44. The highest BCUT2D eigenvalue weighted by atomic mass is 32.2. The molecule has 1 N–H and O–H groups in total. The Hall–Kier alpha value is -1.67. The fourth-order valence-electron chi connectivity index (χ4n) is 2.61. The summed E-state index contributed by atoms with van der Waals surface area (Å²) in [6.07, 6.45) is 3.15.